The van der Waals surface area contributed by atoms with E-state index in [1.807, 2.05) is 13.8 Å². The Balaban J connectivity index is 3.74. The van der Waals surface area contributed by atoms with Crippen LogP contribution in [0.5, 0.6) is 0 Å². The van der Waals surface area contributed by atoms with Crippen molar-refractivity contribution in [2.75, 3.05) is 25.6 Å². The summed E-state index contributed by atoms with van der Waals surface area (Å²) in [5.41, 5.74) is 0. The fourth-order valence-electron chi connectivity index (χ4n) is 1.15. The van der Waals surface area contributed by atoms with Gasteiger partial charge >= 0.3 is 5.97 Å². The molecule has 0 amide bonds. The number of carbonyl (C=O) groups is 1. The van der Waals surface area contributed by atoms with E-state index in [4.69, 9.17) is 0 Å². The van der Waals surface area contributed by atoms with Crippen molar-refractivity contribution in [2.45, 2.75) is 26.7 Å². The Labute approximate surface area is 80.2 Å². The van der Waals surface area contributed by atoms with Crippen LogP contribution in [0.15, 0.2) is 0 Å². The van der Waals surface area contributed by atoms with Crippen molar-refractivity contribution in [1.82, 2.24) is 0 Å². The van der Waals surface area contributed by atoms with Gasteiger partial charge in [-0.15, -0.1) is 0 Å². The van der Waals surface area contributed by atoms with E-state index in [1.54, 1.807) is 0 Å². The van der Waals surface area contributed by atoms with Gasteiger partial charge in [0.05, 0.1) is 14.3 Å². The lowest BCUT2D eigenvalue weighted by Gasteiger charge is -2.12. The van der Waals surface area contributed by atoms with Crippen LogP contribution in [0.1, 0.15) is 26.7 Å². The standard InChI is InChI=1S/C9H19O3P/c1-4-13(11,5-2)8-6-7-9(10)12-3/h4-8H2,1-3H3. The summed E-state index contributed by atoms with van der Waals surface area (Å²) in [5, 5.41) is 0. The molecule has 0 N–H and O–H groups in total. The fraction of sp³-hybridized carbons (Fsp3) is 0.889. The number of methoxy groups -OCH3 is 1. The Hall–Kier alpha value is -0.300. The quantitative estimate of drug-likeness (QED) is 0.495. The van der Waals surface area contributed by atoms with E-state index < -0.39 is 7.14 Å². The Morgan fingerprint density at radius 3 is 2.23 bits per heavy atom. The zero-order valence-electron chi connectivity index (χ0n) is 8.71. The average Bonchev–Trinajstić information content (AvgIpc) is 2.17. The van der Waals surface area contributed by atoms with Gasteiger partial charge in [0.1, 0.15) is 0 Å². The zero-order valence-corrected chi connectivity index (χ0v) is 9.60. The summed E-state index contributed by atoms with van der Waals surface area (Å²) >= 11 is 0. The first-order valence-electron chi connectivity index (χ1n) is 4.72. The van der Waals surface area contributed by atoms with Crippen LogP contribution < -0.4 is 0 Å². The first-order chi connectivity index (χ1) is 6.08. The Morgan fingerprint density at radius 2 is 1.85 bits per heavy atom. The molecule has 78 valence electrons. The molecule has 0 aliphatic rings. The second-order valence-corrected chi connectivity index (χ2v) is 6.92. The Kier molecular flexibility index (Phi) is 6.06. The second-order valence-electron chi connectivity index (χ2n) is 3.09. The monoisotopic (exact) mass is 206 g/mol. The predicted octanol–water partition coefficient (Wildman–Crippen LogP) is 2.34. The van der Waals surface area contributed by atoms with Gasteiger partial charge in [0, 0.05) is 12.6 Å². The first-order valence-corrected chi connectivity index (χ1v) is 6.98. The largest absolute Gasteiger partial charge is 0.469 e. The minimum Gasteiger partial charge on any atom is -0.469 e. The second kappa shape index (κ2) is 6.20. The summed E-state index contributed by atoms with van der Waals surface area (Å²) in [6.07, 6.45) is 3.23. The third-order valence-corrected chi connectivity index (χ3v) is 5.76. The van der Waals surface area contributed by atoms with Crippen molar-refractivity contribution in [2.24, 2.45) is 0 Å². The van der Waals surface area contributed by atoms with Crippen LogP contribution in [0, 0.1) is 0 Å². The molecule has 0 saturated carbocycles. The van der Waals surface area contributed by atoms with Crippen LogP contribution in [0.2, 0.25) is 0 Å². The lowest BCUT2D eigenvalue weighted by Crippen LogP contribution is -2.03. The molecule has 0 spiro atoms. The zero-order chi connectivity index (χ0) is 10.3. The smallest absolute Gasteiger partial charge is 0.305 e. The lowest BCUT2D eigenvalue weighted by atomic mass is 10.3. The number of ether oxygens (including phenoxy) is 1. The van der Waals surface area contributed by atoms with Crippen LogP contribution in [-0.4, -0.2) is 31.6 Å². The molecule has 0 bridgehead atoms. The van der Waals surface area contributed by atoms with Crippen molar-refractivity contribution in [3.8, 4) is 0 Å². The van der Waals surface area contributed by atoms with E-state index in [-0.39, 0.29) is 5.97 Å². The fourth-order valence-corrected chi connectivity index (χ4v) is 2.97. The molecule has 4 heteroatoms. The maximum absolute atomic E-state index is 11.9. The van der Waals surface area contributed by atoms with Crippen LogP contribution in [0.4, 0.5) is 0 Å². The Bertz CT molecular complexity index is 193. The summed E-state index contributed by atoms with van der Waals surface area (Å²) in [6, 6.07) is 0. The highest BCUT2D eigenvalue weighted by atomic mass is 31.2. The van der Waals surface area contributed by atoms with Gasteiger partial charge in [-0.3, -0.25) is 4.79 Å². The van der Waals surface area contributed by atoms with Gasteiger partial charge in [-0.1, -0.05) is 13.8 Å². The molecule has 0 rings (SSSR count). The molecule has 0 atom stereocenters. The summed E-state index contributed by atoms with van der Waals surface area (Å²) in [5.74, 6) is -0.209. The maximum Gasteiger partial charge on any atom is 0.305 e. The minimum atomic E-state index is -1.96. The predicted molar refractivity (Wildman–Crippen MR) is 54.8 cm³/mol. The summed E-state index contributed by atoms with van der Waals surface area (Å²) in [6.45, 7) is 3.89. The highest BCUT2D eigenvalue weighted by Gasteiger charge is 2.16. The van der Waals surface area contributed by atoms with E-state index in [9.17, 15) is 9.36 Å². The molecule has 0 unspecified atom stereocenters. The molecule has 3 nitrogen and oxygen atoms in total. The van der Waals surface area contributed by atoms with Crippen LogP contribution in [0.3, 0.4) is 0 Å². The van der Waals surface area contributed by atoms with Crippen molar-refractivity contribution in [3.63, 3.8) is 0 Å². The van der Waals surface area contributed by atoms with E-state index in [0.717, 1.165) is 12.3 Å². The molecular weight excluding hydrogens is 187 g/mol. The van der Waals surface area contributed by atoms with Gasteiger partial charge in [-0.05, 0) is 18.7 Å². The SMILES string of the molecule is CCP(=O)(CC)CCCC(=O)OC. The van der Waals surface area contributed by atoms with E-state index in [1.165, 1.54) is 7.11 Å². The maximum atomic E-state index is 11.9. The van der Waals surface area contributed by atoms with Crippen molar-refractivity contribution >= 4 is 13.1 Å². The molecule has 0 radical (unpaired) electrons. The number of rotatable bonds is 6. The molecule has 0 aromatic rings. The summed E-state index contributed by atoms with van der Waals surface area (Å²) in [4.78, 5) is 10.8. The van der Waals surface area contributed by atoms with Gasteiger partial charge in [0.15, 0.2) is 0 Å². The normalized spacial score (nSPS) is 11.3. The minimum absolute atomic E-state index is 0.209. The molecule has 13 heavy (non-hydrogen) atoms. The molecule has 0 heterocycles. The molecule has 0 saturated heterocycles. The summed E-state index contributed by atoms with van der Waals surface area (Å²) < 4.78 is 16.4. The van der Waals surface area contributed by atoms with Gasteiger partial charge in [-0.25, -0.2) is 0 Å². The lowest BCUT2D eigenvalue weighted by molar-refractivity contribution is -0.140. The van der Waals surface area contributed by atoms with Crippen LogP contribution >= 0.6 is 7.14 Å². The molecule has 0 aromatic carbocycles. The average molecular weight is 206 g/mol. The van der Waals surface area contributed by atoms with Crippen molar-refractivity contribution < 1.29 is 14.1 Å². The van der Waals surface area contributed by atoms with Gasteiger partial charge < -0.3 is 9.30 Å². The van der Waals surface area contributed by atoms with E-state index >= 15 is 0 Å². The third-order valence-electron chi connectivity index (χ3n) is 2.33. The number of esters is 1. The van der Waals surface area contributed by atoms with Crippen molar-refractivity contribution in [1.29, 1.82) is 0 Å². The number of hydrogen-bond donors (Lipinski definition) is 0. The molecule has 0 aliphatic heterocycles. The number of carbonyl (C=O) groups excluding carboxylic acids is 1. The topological polar surface area (TPSA) is 43.4 Å². The van der Waals surface area contributed by atoms with E-state index in [0.29, 0.717) is 19.0 Å². The Morgan fingerprint density at radius 1 is 1.31 bits per heavy atom. The molecule has 0 aromatic heterocycles. The molecule has 0 aliphatic carbocycles. The highest BCUT2D eigenvalue weighted by Crippen LogP contribution is 2.45. The molecule has 0 fully saturated rings. The molecular formula is C9H19O3P. The number of hydrogen-bond acceptors (Lipinski definition) is 3. The third kappa shape index (κ3) is 5.09. The summed E-state index contributed by atoms with van der Waals surface area (Å²) in [7, 11) is -0.579. The van der Waals surface area contributed by atoms with Crippen LogP contribution in [0.25, 0.3) is 0 Å². The van der Waals surface area contributed by atoms with E-state index in [2.05, 4.69) is 4.74 Å². The van der Waals surface area contributed by atoms with Crippen LogP contribution in [-0.2, 0) is 14.1 Å². The van der Waals surface area contributed by atoms with Gasteiger partial charge in [0.2, 0.25) is 0 Å². The van der Waals surface area contributed by atoms with Crippen molar-refractivity contribution in [3.05, 3.63) is 0 Å². The highest BCUT2D eigenvalue weighted by molar-refractivity contribution is 7.63. The van der Waals surface area contributed by atoms with Gasteiger partial charge in [-0.2, -0.15) is 0 Å². The van der Waals surface area contributed by atoms with Gasteiger partial charge in [0.25, 0.3) is 0 Å². The first kappa shape index (κ1) is 12.7.